The topological polar surface area (TPSA) is 29.3 Å². The van der Waals surface area contributed by atoms with Crippen LogP contribution in [0, 0.1) is 0 Å². The van der Waals surface area contributed by atoms with Crippen LogP contribution in [-0.2, 0) is 0 Å². The predicted molar refractivity (Wildman–Crippen MR) is 80.4 cm³/mol. The van der Waals surface area contributed by atoms with E-state index in [2.05, 4.69) is 62.6 Å². The molecule has 2 nitrogen and oxygen atoms in total. The van der Waals surface area contributed by atoms with E-state index in [0.29, 0.717) is 0 Å². The molecule has 0 radical (unpaired) electrons. The molecule has 0 spiro atoms. The first kappa shape index (κ1) is 14.0. The summed E-state index contributed by atoms with van der Waals surface area (Å²) in [4.78, 5) is 3.26. The molecule has 0 aromatic heterocycles. The summed E-state index contributed by atoms with van der Waals surface area (Å²) in [7, 11) is 0. The predicted octanol–water partition coefficient (Wildman–Crippen LogP) is 3.50. The Balaban J connectivity index is 2.96. The van der Waals surface area contributed by atoms with Gasteiger partial charge in [0, 0.05) is 29.4 Å². The van der Waals surface area contributed by atoms with Crippen molar-refractivity contribution in [2.45, 2.75) is 27.2 Å². The van der Waals surface area contributed by atoms with E-state index in [0.717, 1.165) is 35.7 Å². The van der Waals surface area contributed by atoms with Gasteiger partial charge in [-0.3, -0.25) is 0 Å². The summed E-state index contributed by atoms with van der Waals surface area (Å²) in [6.07, 6.45) is 0.868. The van der Waals surface area contributed by atoms with Crippen molar-refractivity contribution < 1.29 is 0 Å². The van der Waals surface area contributed by atoms with Gasteiger partial charge in [0.2, 0.25) is 0 Å². The molecule has 0 aliphatic rings. The Bertz CT molecular complexity index is 378. The fraction of sp³-hybridized carbons (Fsp3) is 0.429. The summed E-state index contributed by atoms with van der Waals surface area (Å²) in [5.74, 6) is 0. The van der Waals surface area contributed by atoms with Gasteiger partial charge < -0.3 is 10.6 Å². The standard InChI is InChI=1S/C14H22N2S/c1-4-13(17)14(15)11-7-9-12(10-8-11)16(5-2)6-3/h7-10,17H,4-6,15H2,1-3H3/b14-13-. The summed E-state index contributed by atoms with van der Waals surface area (Å²) in [6, 6.07) is 8.36. The molecule has 0 unspecified atom stereocenters. The average molecular weight is 250 g/mol. The van der Waals surface area contributed by atoms with Gasteiger partial charge in [0.25, 0.3) is 0 Å². The van der Waals surface area contributed by atoms with Crippen LogP contribution in [0.3, 0.4) is 0 Å². The molecule has 0 aliphatic carbocycles. The third kappa shape index (κ3) is 3.43. The van der Waals surface area contributed by atoms with Gasteiger partial charge in [-0.1, -0.05) is 19.1 Å². The molecule has 94 valence electrons. The van der Waals surface area contributed by atoms with Crippen molar-refractivity contribution in [1.82, 2.24) is 0 Å². The van der Waals surface area contributed by atoms with E-state index in [9.17, 15) is 0 Å². The smallest absolute Gasteiger partial charge is 0.0481 e. The van der Waals surface area contributed by atoms with Crippen LogP contribution in [0.4, 0.5) is 5.69 Å². The Hall–Kier alpha value is -1.09. The lowest BCUT2D eigenvalue weighted by Gasteiger charge is -2.21. The highest BCUT2D eigenvalue weighted by molar-refractivity contribution is 7.84. The van der Waals surface area contributed by atoms with Crippen LogP contribution in [0.25, 0.3) is 5.70 Å². The molecule has 0 saturated carbocycles. The summed E-state index contributed by atoms with van der Waals surface area (Å²) in [5.41, 5.74) is 9.10. The molecule has 0 saturated heterocycles. The maximum absolute atomic E-state index is 6.03. The van der Waals surface area contributed by atoms with E-state index in [-0.39, 0.29) is 0 Å². The van der Waals surface area contributed by atoms with E-state index in [4.69, 9.17) is 5.73 Å². The normalized spacial score (nSPS) is 12.2. The minimum absolute atomic E-state index is 0.780. The molecule has 2 N–H and O–H groups in total. The summed E-state index contributed by atoms with van der Waals surface area (Å²) in [5, 5.41) is 0. The number of nitrogens with zero attached hydrogens (tertiary/aromatic N) is 1. The number of hydrogen-bond donors (Lipinski definition) is 2. The highest BCUT2D eigenvalue weighted by Crippen LogP contribution is 2.21. The second-order valence-corrected chi connectivity index (χ2v) is 4.47. The van der Waals surface area contributed by atoms with Gasteiger partial charge >= 0.3 is 0 Å². The number of hydrogen-bond acceptors (Lipinski definition) is 3. The Labute approximate surface area is 110 Å². The first-order valence-electron chi connectivity index (χ1n) is 6.16. The van der Waals surface area contributed by atoms with Crippen LogP contribution in [0.5, 0.6) is 0 Å². The fourth-order valence-corrected chi connectivity index (χ4v) is 1.93. The summed E-state index contributed by atoms with van der Waals surface area (Å²) < 4.78 is 0. The lowest BCUT2D eigenvalue weighted by Crippen LogP contribution is -2.21. The van der Waals surface area contributed by atoms with Crippen molar-refractivity contribution in [3.63, 3.8) is 0 Å². The summed E-state index contributed by atoms with van der Waals surface area (Å²) in [6.45, 7) is 8.42. The van der Waals surface area contributed by atoms with Crippen molar-refractivity contribution in [3.05, 3.63) is 34.7 Å². The number of thiol groups is 1. The van der Waals surface area contributed by atoms with Crippen molar-refractivity contribution in [1.29, 1.82) is 0 Å². The first-order valence-corrected chi connectivity index (χ1v) is 6.61. The molecule has 1 aromatic carbocycles. The minimum atomic E-state index is 0.780. The van der Waals surface area contributed by atoms with E-state index in [1.54, 1.807) is 0 Å². The number of rotatable bonds is 5. The van der Waals surface area contributed by atoms with Gasteiger partial charge in [0.15, 0.2) is 0 Å². The fourth-order valence-electron chi connectivity index (χ4n) is 1.80. The van der Waals surface area contributed by atoms with Gasteiger partial charge in [-0.2, -0.15) is 0 Å². The van der Waals surface area contributed by atoms with Crippen molar-refractivity contribution in [3.8, 4) is 0 Å². The third-order valence-corrected chi connectivity index (χ3v) is 3.51. The number of anilines is 1. The Morgan fingerprint density at radius 2 is 1.65 bits per heavy atom. The van der Waals surface area contributed by atoms with Crippen LogP contribution in [-0.4, -0.2) is 13.1 Å². The molecule has 17 heavy (non-hydrogen) atoms. The number of allylic oxidation sites excluding steroid dienone is 1. The molecule has 1 aromatic rings. The van der Waals surface area contributed by atoms with Gasteiger partial charge in [-0.25, -0.2) is 0 Å². The molecular weight excluding hydrogens is 228 g/mol. The Morgan fingerprint density at radius 1 is 1.12 bits per heavy atom. The molecule has 0 atom stereocenters. The van der Waals surface area contributed by atoms with Gasteiger partial charge in [-0.05, 0) is 38.0 Å². The van der Waals surface area contributed by atoms with E-state index in [1.807, 2.05) is 0 Å². The minimum Gasteiger partial charge on any atom is -0.398 e. The average Bonchev–Trinajstić information content (AvgIpc) is 2.39. The maximum atomic E-state index is 6.03. The van der Waals surface area contributed by atoms with E-state index in [1.165, 1.54) is 5.69 Å². The lowest BCUT2D eigenvalue weighted by atomic mass is 10.1. The lowest BCUT2D eigenvalue weighted by molar-refractivity contribution is 0.866. The molecule has 0 aliphatic heterocycles. The van der Waals surface area contributed by atoms with Gasteiger partial charge in [0.1, 0.15) is 0 Å². The SMILES string of the molecule is CC/C(S)=C(/N)c1ccc(N(CC)CC)cc1. The van der Waals surface area contributed by atoms with Crippen LogP contribution in [0.2, 0.25) is 0 Å². The highest BCUT2D eigenvalue weighted by Gasteiger charge is 2.04. The van der Waals surface area contributed by atoms with Crippen molar-refractivity contribution in [2.75, 3.05) is 18.0 Å². The largest absolute Gasteiger partial charge is 0.398 e. The van der Waals surface area contributed by atoms with E-state index >= 15 is 0 Å². The maximum Gasteiger partial charge on any atom is 0.0481 e. The number of benzene rings is 1. The molecule has 0 fully saturated rings. The Kier molecular flexibility index (Phi) is 5.42. The third-order valence-electron chi connectivity index (χ3n) is 2.95. The summed E-state index contributed by atoms with van der Waals surface area (Å²) >= 11 is 4.38. The first-order chi connectivity index (χ1) is 8.13. The second kappa shape index (κ2) is 6.60. The highest BCUT2D eigenvalue weighted by atomic mass is 32.1. The second-order valence-electron chi connectivity index (χ2n) is 3.93. The molecule has 3 heteroatoms. The van der Waals surface area contributed by atoms with Crippen LogP contribution < -0.4 is 10.6 Å². The van der Waals surface area contributed by atoms with Crippen LogP contribution >= 0.6 is 12.6 Å². The van der Waals surface area contributed by atoms with Crippen LogP contribution in [0.1, 0.15) is 32.8 Å². The molecule has 1 rings (SSSR count). The zero-order valence-electron chi connectivity index (χ0n) is 10.9. The number of nitrogens with two attached hydrogens (primary N) is 1. The van der Waals surface area contributed by atoms with Crippen molar-refractivity contribution >= 4 is 24.0 Å². The molecular formula is C14H22N2S. The quantitative estimate of drug-likeness (QED) is 0.783. The molecule has 0 heterocycles. The van der Waals surface area contributed by atoms with Crippen LogP contribution in [0.15, 0.2) is 29.2 Å². The zero-order valence-corrected chi connectivity index (χ0v) is 11.8. The van der Waals surface area contributed by atoms with Gasteiger partial charge in [0.05, 0.1) is 0 Å². The Morgan fingerprint density at radius 3 is 2.06 bits per heavy atom. The van der Waals surface area contributed by atoms with Crippen molar-refractivity contribution in [2.24, 2.45) is 5.73 Å². The van der Waals surface area contributed by atoms with Gasteiger partial charge in [-0.15, -0.1) is 12.6 Å². The monoisotopic (exact) mass is 250 g/mol. The van der Waals surface area contributed by atoms with E-state index < -0.39 is 0 Å². The zero-order chi connectivity index (χ0) is 12.8. The molecule has 0 bridgehead atoms. The molecule has 0 amide bonds.